The Kier molecular flexibility index (Phi) is 11.5. The van der Waals surface area contributed by atoms with E-state index in [1.165, 1.54) is 116 Å². The van der Waals surface area contributed by atoms with Crippen molar-refractivity contribution in [2.45, 2.75) is 149 Å². The zero-order valence-electron chi connectivity index (χ0n) is 21.2. The molecule has 1 nitrogen and oxygen atoms in total. The maximum Gasteiger partial charge on any atom is 0.135 e. The average molecular weight is 431 g/mol. The van der Waals surface area contributed by atoms with Gasteiger partial charge in [-0.3, -0.25) is 4.79 Å². The highest BCUT2D eigenvalue weighted by molar-refractivity contribution is 5.80. The molecule has 0 atom stereocenters. The highest BCUT2D eigenvalue weighted by atomic mass is 16.1. The van der Waals surface area contributed by atoms with E-state index in [2.05, 4.69) is 13.8 Å². The zero-order valence-corrected chi connectivity index (χ0v) is 21.2. The van der Waals surface area contributed by atoms with Crippen LogP contribution >= 0.6 is 0 Å². The average Bonchev–Trinajstić information content (AvgIpc) is 2.82. The van der Waals surface area contributed by atoms with Crippen molar-refractivity contribution >= 4 is 5.78 Å². The quantitative estimate of drug-likeness (QED) is 0.301. The van der Waals surface area contributed by atoms with Gasteiger partial charge in [0.05, 0.1) is 0 Å². The van der Waals surface area contributed by atoms with Crippen molar-refractivity contribution in [3.8, 4) is 0 Å². The van der Waals surface area contributed by atoms with E-state index < -0.39 is 0 Å². The van der Waals surface area contributed by atoms with Crippen LogP contribution in [0, 0.1) is 35.5 Å². The molecule has 0 saturated heterocycles. The number of carbonyl (C=O) groups excluding carboxylic acids is 1. The van der Waals surface area contributed by atoms with E-state index in [0.717, 1.165) is 48.9 Å². The summed E-state index contributed by atoms with van der Waals surface area (Å²) in [5, 5.41) is 0. The number of carbonyl (C=O) groups is 1. The molecule has 0 spiro atoms. The molecule has 3 rings (SSSR count). The zero-order chi connectivity index (χ0) is 21.9. The van der Waals surface area contributed by atoms with E-state index in [9.17, 15) is 4.79 Å². The van der Waals surface area contributed by atoms with Gasteiger partial charge in [0.1, 0.15) is 5.78 Å². The number of hydrogen-bond donors (Lipinski definition) is 0. The van der Waals surface area contributed by atoms with Crippen molar-refractivity contribution < 1.29 is 4.79 Å². The molecule has 0 aromatic carbocycles. The summed E-state index contributed by atoms with van der Waals surface area (Å²) in [6, 6.07) is 0. The molecule has 0 unspecified atom stereocenters. The first kappa shape index (κ1) is 25.3. The second kappa shape index (κ2) is 14.0. The van der Waals surface area contributed by atoms with Crippen LogP contribution in [-0.4, -0.2) is 5.78 Å². The molecule has 3 saturated carbocycles. The first-order valence-corrected chi connectivity index (χ1v) is 14.7. The Bertz CT molecular complexity index is 473. The molecule has 3 aliphatic carbocycles. The molecule has 0 radical (unpaired) electrons. The lowest BCUT2D eigenvalue weighted by molar-refractivity contribution is -0.124. The van der Waals surface area contributed by atoms with Crippen LogP contribution in [0.5, 0.6) is 0 Å². The molecule has 0 N–H and O–H groups in total. The largest absolute Gasteiger partial charge is 0.299 e. The highest BCUT2D eigenvalue weighted by Gasteiger charge is 2.28. The van der Waals surface area contributed by atoms with Crippen LogP contribution < -0.4 is 0 Å². The summed E-state index contributed by atoms with van der Waals surface area (Å²) in [7, 11) is 0. The minimum Gasteiger partial charge on any atom is -0.299 e. The maximum atomic E-state index is 12.3. The van der Waals surface area contributed by atoms with Crippen molar-refractivity contribution in [2.75, 3.05) is 0 Å². The van der Waals surface area contributed by atoms with Crippen LogP contribution in [0.15, 0.2) is 0 Å². The van der Waals surface area contributed by atoms with Crippen LogP contribution in [0.3, 0.4) is 0 Å². The normalized spacial score (nSPS) is 34.5. The summed E-state index contributed by atoms with van der Waals surface area (Å²) in [6.07, 6.45) is 29.2. The number of hydrogen-bond acceptors (Lipinski definition) is 1. The highest BCUT2D eigenvalue weighted by Crippen LogP contribution is 2.40. The van der Waals surface area contributed by atoms with Gasteiger partial charge in [-0.15, -0.1) is 0 Å². The van der Waals surface area contributed by atoms with Crippen molar-refractivity contribution in [1.82, 2.24) is 0 Å². The summed E-state index contributed by atoms with van der Waals surface area (Å²) in [4.78, 5) is 12.3. The predicted octanol–water partition coefficient (Wildman–Crippen LogP) is 9.53. The summed E-state index contributed by atoms with van der Waals surface area (Å²) in [5.74, 6) is 6.12. The Labute approximate surface area is 194 Å². The van der Waals surface area contributed by atoms with E-state index in [-0.39, 0.29) is 0 Å². The van der Waals surface area contributed by atoms with Gasteiger partial charge in [0.2, 0.25) is 0 Å². The number of Topliss-reactive ketones (excluding diaryl/α,β-unsaturated/α-hetero) is 1. The van der Waals surface area contributed by atoms with Gasteiger partial charge in [-0.2, -0.15) is 0 Å². The third kappa shape index (κ3) is 8.85. The van der Waals surface area contributed by atoms with Crippen molar-refractivity contribution in [3.63, 3.8) is 0 Å². The van der Waals surface area contributed by atoms with E-state index in [1.54, 1.807) is 0 Å². The topological polar surface area (TPSA) is 17.1 Å². The van der Waals surface area contributed by atoms with Gasteiger partial charge in [-0.05, 0) is 61.7 Å². The molecule has 180 valence electrons. The first-order chi connectivity index (χ1) is 15.2. The fourth-order valence-electron chi connectivity index (χ4n) is 7.30. The lowest BCUT2D eigenvalue weighted by Gasteiger charge is -2.33. The summed E-state index contributed by atoms with van der Waals surface area (Å²) < 4.78 is 0. The van der Waals surface area contributed by atoms with Gasteiger partial charge in [0.15, 0.2) is 0 Å². The number of unbranched alkanes of at least 4 members (excludes halogenated alkanes) is 1. The van der Waals surface area contributed by atoms with Crippen LogP contribution in [-0.2, 0) is 4.79 Å². The maximum absolute atomic E-state index is 12.3. The van der Waals surface area contributed by atoms with E-state index in [4.69, 9.17) is 0 Å². The molecule has 0 bridgehead atoms. The molecule has 0 heterocycles. The molecule has 0 aliphatic heterocycles. The van der Waals surface area contributed by atoms with Gasteiger partial charge in [-0.1, -0.05) is 110 Å². The molecule has 31 heavy (non-hydrogen) atoms. The standard InChI is InChI=1S/C30H54O/c1-3-5-7-30(31)29-22-20-28(21-23-29)19-18-27-16-14-26(15-17-27)13-12-25-10-8-24(6-4-2)9-11-25/h24-29H,3-23H2,1-2H3. The van der Waals surface area contributed by atoms with E-state index >= 15 is 0 Å². The SMILES string of the molecule is CCCCC(=O)C1CCC(CCC2CCC(CCC3CCC(CCC)CC3)CC2)CC1. The molecular weight excluding hydrogens is 376 g/mol. The molecule has 1 heteroatoms. The third-order valence-electron chi connectivity index (χ3n) is 9.67. The van der Waals surface area contributed by atoms with E-state index in [1.807, 2.05) is 0 Å². The van der Waals surface area contributed by atoms with Crippen molar-refractivity contribution in [3.05, 3.63) is 0 Å². The fraction of sp³-hybridized carbons (Fsp3) is 0.967. The number of rotatable bonds is 12. The van der Waals surface area contributed by atoms with Gasteiger partial charge in [0.25, 0.3) is 0 Å². The molecular formula is C30H54O. The summed E-state index contributed by atoms with van der Waals surface area (Å²) >= 11 is 0. The molecule has 0 aromatic heterocycles. The molecule has 0 aromatic rings. The smallest absolute Gasteiger partial charge is 0.135 e. The van der Waals surface area contributed by atoms with Gasteiger partial charge < -0.3 is 0 Å². The number of ketones is 1. The van der Waals surface area contributed by atoms with Gasteiger partial charge >= 0.3 is 0 Å². The van der Waals surface area contributed by atoms with Gasteiger partial charge in [-0.25, -0.2) is 0 Å². The Hall–Kier alpha value is -0.330. The van der Waals surface area contributed by atoms with Crippen LogP contribution in [0.2, 0.25) is 0 Å². The lowest BCUT2D eigenvalue weighted by atomic mass is 9.73. The monoisotopic (exact) mass is 430 g/mol. The second-order valence-corrected chi connectivity index (χ2v) is 12.0. The Morgan fingerprint density at radius 1 is 0.516 bits per heavy atom. The summed E-state index contributed by atoms with van der Waals surface area (Å²) in [5.41, 5.74) is 0. The van der Waals surface area contributed by atoms with Gasteiger partial charge in [0, 0.05) is 12.3 Å². The van der Waals surface area contributed by atoms with Crippen molar-refractivity contribution in [1.29, 1.82) is 0 Å². The summed E-state index contributed by atoms with van der Waals surface area (Å²) in [6.45, 7) is 4.54. The third-order valence-corrected chi connectivity index (χ3v) is 9.67. The molecule has 0 amide bonds. The fourth-order valence-corrected chi connectivity index (χ4v) is 7.30. The lowest BCUT2D eigenvalue weighted by Crippen LogP contribution is -2.22. The van der Waals surface area contributed by atoms with Crippen LogP contribution in [0.25, 0.3) is 0 Å². The Morgan fingerprint density at radius 3 is 1.23 bits per heavy atom. The Balaban J connectivity index is 1.22. The van der Waals surface area contributed by atoms with Crippen LogP contribution in [0.4, 0.5) is 0 Å². The predicted molar refractivity (Wildman–Crippen MR) is 134 cm³/mol. The molecule has 3 fully saturated rings. The van der Waals surface area contributed by atoms with Crippen molar-refractivity contribution in [2.24, 2.45) is 35.5 Å². The minimum absolute atomic E-state index is 0.417. The van der Waals surface area contributed by atoms with Crippen LogP contribution in [0.1, 0.15) is 149 Å². The van der Waals surface area contributed by atoms with E-state index in [0.29, 0.717) is 11.7 Å². The second-order valence-electron chi connectivity index (χ2n) is 12.0. The minimum atomic E-state index is 0.417. The molecule has 3 aliphatic rings. The first-order valence-electron chi connectivity index (χ1n) is 14.7. The Morgan fingerprint density at radius 2 is 0.871 bits per heavy atom.